The minimum atomic E-state index is -4.27. The first-order valence-electron chi connectivity index (χ1n) is 22.3. The highest BCUT2D eigenvalue weighted by Crippen LogP contribution is 2.42. The lowest BCUT2D eigenvalue weighted by Crippen LogP contribution is -2.29. The van der Waals surface area contributed by atoms with E-state index < -0.39 is 26.5 Å². The van der Waals surface area contributed by atoms with Gasteiger partial charge in [0.1, 0.15) is 6.61 Å². The monoisotopic (exact) mass is 795 g/mol. The van der Waals surface area contributed by atoms with Crippen LogP contribution in [0.1, 0.15) is 206 Å². The Morgan fingerprint density at radius 1 is 0.527 bits per heavy atom. The molecule has 0 saturated heterocycles. The van der Waals surface area contributed by atoms with E-state index in [0.29, 0.717) is 6.42 Å². The molecule has 0 aromatic heterocycles. The van der Waals surface area contributed by atoms with Crippen molar-refractivity contribution in [1.29, 1.82) is 0 Å². The van der Waals surface area contributed by atoms with E-state index in [1.54, 1.807) is 0 Å². The molecule has 0 aliphatic rings. The number of hydrogen-bond donors (Lipinski definition) is 1. The Bertz CT molecular complexity index is 1040. The Balaban J connectivity index is 3.98. The van der Waals surface area contributed by atoms with Crippen LogP contribution in [0.15, 0.2) is 48.6 Å². The van der Waals surface area contributed by atoms with Gasteiger partial charge in [0.05, 0.1) is 6.61 Å². The van der Waals surface area contributed by atoms with Gasteiger partial charge >= 0.3 is 19.8 Å². The topological polar surface area (TPSA) is 108 Å². The van der Waals surface area contributed by atoms with Crippen molar-refractivity contribution in [3.05, 3.63) is 48.6 Å². The summed E-state index contributed by atoms with van der Waals surface area (Å²) in [4.78, 5) is 34.5. The summed E-state index contributed by atoms with van der Waals surface area (Å²) in [6.07, 6.45) is 50.2. The van der Waals surface area contributed by atoms with Crippen LogP contribution < -0.4 is 0 Å². The Morgan fingerprint density at radius 3 is 1.40 bits per heavy atom. The normalized spacial score (nSPS) is 13.7. The van der Waals surface area contributed by atoms with Crippen LogP contribution in [0.5, 0.6) is 0 Å². The molecule has 0 fully saturated rings. The van der Waals surface area contributed by atoms with Crippen molar-refractivity contribution in [2.75, 3.05) is 20.3 Å². The molecule has 9 heteroatoms. The van der Waals surface area contributed by atoms with Gasteiger partial charge in [-0.3, -0.25) is 18.6 Å². The summed E-state index contributed by atoms with van der Waals surface area (Å²) in [5.74, 6) is -0.815. The van der Waals surface area contributed by atoms with Crippen LogP contribution in [0.2, 0.25) is 0 Å². The summed E-state index contributed by atoms with van der Waals surface area (Å²) < 4.78 is 32.0. The van der Waals surface area contributed by atoms with Gasteiger partial charge in [-0.25, -0.2) is 4.57 Å². The van der Waals surface area contributed by atoms with Crippen molar-refractivity contribution in [3.63, 3.8) is 0 Å². The Kier molecular flexibility index (Phi) is 40.1. The van der Waals surface area contributed by atoms with Crippen LogP contribution in [0.25, 0.3) is 0 Å². The highest BCUT2D eigenvalue weighted by atomic mass is 31.2. The van der Waals surface area contributed by atoms with Crippen LogP contribution in [0, 0.1) is 0 Å². The number of allylic oxidation sites excluding steroid dienone is 8. The smallest absolute Gasteiger partial charge is 0.462 e. The SMILES string of the molecule is CC/C=C\C/C=C\C/C=C\CCCCCCCCCC(=O)OC(COC(=O)CCCCCCCCCCC/C=C\CCCCCCCC)COP(=O)(O)OC. The summed E-state index contributed by atoms with van der Waals surface area (Å²) in [7, 11) is -3.21. The average molecular weight is 795 g/mol. The van der Waals surface area contributed by atoms with E-state index in [1.165, 1.54) is 109 Å². The maximum Gasteiger partial charge on any atom is 0.472 e. The molecule has 0 radical (unpaired) electrons. The first-order chi connectivity index (χ1) is 26.8. The van der Waals surface area contributed by atoms with Gasteiger partial charge in [0.25, 0.3) is 0 Å². The van der Waals surface area contributed by atoms with Crippen molar-refractivity contribution >= 4 is 19.8 Å². The van der Waals surface area contributed by atoms with Crippen molar-refractivity contribution in [3.8, 4) is 0 Å². The molecule has 2 unspecified atom stereocenters. The van der Waals surface area contributed by atoms with E-state index in [4.69, 9.17) is 14.0 Å². The minimum Gasteiger partial charge on any atom is -0.462 e. The Hall–Kier alpha value is -1.99. The lowest BCUT2D eigenvalue weighted by molar-refractivity contribution is -0.161. The zero-order valence-corrected chi connectivity index (χ0v) is 36.5. The van der Waals surface area contributed by atoms with Gasteiger partial charge in [-0.15, -0.1) is 0 Å². The molecule has 8 nitrogen and oxygen atoms in total. The van der Waals surface area contributed by atoms with Gasteiger partial charge in [0.2, 0.25) is 0 Å². The fraction of sp³-hybridized carbons (Fsp3) is 0.783. The van der Waals surface area contributed by atoms with E-state index in [2.05, 4.69) is 67.0 Å². The van der Waals surface area contributed by atoms with Gasteiger partial charge < -0.3 is 14.4 Å². The molecule has 0 aliphatic heterocycles. The molecule has 0 aliphatic carbocycles. The van der Waals surface area contributed by atoms with Gasteiger partial charge in [-0.05, 0) is 70.6 Å². The van der Waals surface area contributed by atoms with Gasteiger partial charge in [0.15, 0.2) is 6.10 Å². The molecule has 1 N–H and O–H groups in total. The number of phosphoric ester groups is 1. The van der Waals surface area contributed by atoms with Crippen molar-refractivity contribution < 1.29 is 37.6 Å². The number of ether oxygens (including phenoxy) is 2. The molecular weight excluding hydrogens is 711 g/mol. The quantitative estimate of drug-likeness (QED) is 0.0282. The number of hydrogen-bond acceptors (Lipinski definition) is 7. The largest absolute Gasteiger partial charge is 0.472 e. The number of carbonyl (C=O) groups is 2. The van der Waals surface area contributed by atoms with E-state index >= 15 is 0 Å². The molecule has 0 amide bonds. The molecule has 0 spiro atoms. The first kappa shape index (κ1) is 53.0. The summed E-state index contributed by atoms with van der Waals surface area (Å²) in [5.41, 5.74) is 0. The average Bonchev–Trinajstić information content (AvgIpc) is 3.18. The molecule has 2 atom stereocenters. The summed E-state index contributed by atoms with van der Waals surface area (Å²) in [6, 6.07) is 0. The standard InChI is InChI=1S/C46H83O8P/c1-4-6-8-10-12-14-16-18-20-22-23-25-26-28-30-32-34-36-38-40-45(47)52-42-44(43-53-55(49,50)51-3)54-46(48)41-39-37-35-33-31-29-27-24-21-19-17-15-13-11-9-7-5-2/h7,9,13,15,18-21,44H,4-6,8,10-12,14,16-17,22-43H2,1-3H3,(H,49,50)/b9-7-,15-13-,20-18-,21-19-. The lowest BCUT2D eigenvalue weighted by Gasteiger charge is -2.19. The highest BCUT2D eigenvalue weighted by Gasteiger charge is 2.24. The summed E-state index contributed by atoms with van der Waals surface area (Å²) in [5, 5.41) is 0. The second-order valence-electron chi connectivity index (χ2n) is 14.8. The third-order valence-electron chi connectivity index (χ3n) is 9.56. The number of carbonyl (C=O) groups excluding carboxylic acids is 2. The van der Waals surface area contributed by atoms with E-state index in [9.17, 15) is 19.0 Å². The van der Waals surface area contributed by atoms with Crippen molar-refractivity contribution in [2.24, 2.45) is 0 Å². The summed E-state index contributed by atoms with van der Waals surface area (Å²) >= 11 is 0. The van der Waals surface area contributed by atoms with Crippen molar-refractivity contribution in [1.82, 2.24) is 0 Å². The Morgan fingerprint density at radius 2 is 0.927 bits per heavy atom. The predicted octanol–water partition coefficient (Wildman–Crippen LogP) is 14.2. The summed E-state index contributed by atoms with van der Waals surface area (Å²) in [6.45, 7) is 3.78. The van der Waals surface area contributed by atoms with Gasteiger partial charge in [0, 0.05) is 20.0 Å². The third kappa shape index (κ3) is 41.5. The second-order valence-corrected chi connectivity index (χ2v) is 16.4. The van der Waals surface area contributed by atoms with Gasteiger partial charge in [-0.2, -0.15) is 0 Å². The number of phosphoric acid groups is 1. The first-order valence-corrected chi connectivity index (χ1v) is 23.8. The predicted molar refractivity (Wildman–Crippen MR) is 230 cm³/mol. The lowest BCUT2D eigenvalue weighted by atomic mass is 10.1. The molecule has 55 heavy (non-hydrogen) atoms. The number of unbranched alkanes of at least 4 members (excludes halogenated alkanes) is 22. The Labute approximate surface area is 338 Å². The fourth-order valence-corrected chi connectivity index (χ4v) is 6.60. The molecule has 0 aromatic rings. The van der Waals surface area contributed by atoms with Crippen LogP contribution >= 0.6 is 7.82 Å². The molecule has 0 saturated carbocycles. The molecule has 0 heterocycles. The van der Waals surface area contributed by atoms with Gasteiger partial charge in [-0.1, -0.05) is 172 Å². The van der Waals surface area contributed by atoms with E-state index in [1.807, 2.05) is 0 Å². The third-order valence-corrected chi connectivity index (χ3v) is 10.5. The molecule has 320 valence electrons. The minimum absolute atomic E-state index is 0.230. The molecule has 0 bridgehead atoms. The second kappa shape index (κ2) is 41.6. The van der Waals surface area contributed by atoms with Crippen LogP contribution in [0.3, 0.4) is 0 Å². The molecular formula is C46H83O8P. The molecule has 0 rings (SSSR count). The molecule has 0 aromatic carbocycles. The number of esters is 2. The highest BCUT2D eigenvalue weighted by molar-refractivity contribution is 7.47. The zero-order chi connectivity index (χ0) is 40.3. The fourth-order valence-electron chi connectivity index (χ4n) is 6.14. The van der Waals surface area contributed by atoms with Crippen LogP contribution in [0.4, 0.5) is 0 Å². The van der Waals surface area contributed by atoms with E-state index in [-0.39, 0.29) is 25.4 Å². The van der Waals surface area contributed by atoms with E-state index in [0.717, 1.165) is 71.3 Å². The van der Waals surface area contributed by atoms with Crippen molar-refractivity contribution in [2.45, 2.75) is 213 Å². The number of rotatable bonds is 41. The van der Waals surface area contributed by atoms with Crippen LogP contribution in [-0.2, 0) is 32.7 Å². The maximum atomic E-state index is 12.5. The maximum absolute atomic E-state index is 12.5. The zero-order valence-electron chi connectivity index (χ0n) is 35.6. The van der Waals surface area contributed by atoms with Crippen LogP contribution in [-0.4, -0.2) is 43.3 Å².